The summed E-state index contributed by atoms with van der Waals surface area (Å²) in [5, 5.41) is 5.94. The van der Waals surface area contributed by atoms with Gasteiger partial charge in [-0.15, -0.1) is 0 Å². The van der Waals surface area contributed by atoms with Gasteiger partial charge in [0.2, 0.25) is 11.7 Å². The highest BCUT2D eigenvalue weighted by molar-refractivity contribution is 6.01. The van der Waals surface area contributed by atoms with Gasteiger partial charge in [-0.3, -0.25) is 4.79 Å². The van der Waals surface area contributed by atoms with Gasteiger partial charge < -0.3 is 18.6 Å². The van der Waals surface area contributed by atoms with E-state index >= 15 is 0 Å². The van der Waals surface area contributed by atoms with Crippen LogP contribution < -0.4 is 14.2 Å². The quantitative estimate of drug-likeness (QED) is 0.820. The normalized spacial score (nSPS) is 16.4. The third-order valence-corrected chi connectivity index (χ3v) is 4.33. The Morgan fingerprint density at radius 1 is 1.15 bits per heavy atom. The molecule has 2 aromatic rings. The maximum atomic E-state index is 12.1. The number of furan rings is 1. The lowest BCUT2D eigenvalue weighted by atomic mass is 10.00. The van der Waals surface area contributed by atoms with Crippen molar-refractivity contribution in [1.82, 2.24) is 5.01 Å². The molecule has 0 N–H and O–H groups in total. The number of amides is 1. The lowest BCUT2D eigenvalue weighted by Gasteiger charge is -2.22. The van der Waals surface area contributed by atoms with Gasteiger partial charge >= 0.3 is 0 Å². The molecular formula is C19H22N2O5. The summed E-state index contributed by atoms with van der Waals surface area (Å²) in [5.41, 5.74) is 1.57. The topological polar surface area (TPSA) is 73.5 Å². The van der Waals surface area contributed by atoms with Crippen LogP contribution in [0.4, 0.5) is 0 Å². The van der Waals surface area contributed by atoms with Crippen molar-refractivity contribution < 1.29 is 23.4 Å². The molecule has 1 aromatic heterocycles. The summed E-state index contributed by atoms with van der Waals surface area (Å²) >= 11 is 0. The van der Waals surface area contributed by atoms with Crippen molar-refractivity contribution in [2.75, 3.05) is 21.3 Å². The average molecular weight is 358 g/mol. The van der Waals surface area contributed by atoms with Gasteiger partial charge in [-0.2, -0.15) is 5.10 Å². The SMILES string of the molecule is COc1cc([C@H]2CC(c3ccc(C)o3)=NN2C(C)=O)cc(OC)c1OC. The number of hydrogen-bond acceptors (Lipinski definition) is 6. The molecule has 1 amide bonds. The van der Waals surface area contributed by atoms with Crippen LogP contribution in [0.3, 0.4) is 0 Å². The number of benzene rings is 1. The molecule has 0 unspecified atom stereocenters. The van der Waals surface area contributed by atoms with Crippen LogP contribution in [0.2, 0.25) is 0 Å². The summed E-state index contributed by atoms with van der Waals surface area (Å²) in [6, 6.07) is 7.15. The smallest absolute Gasteiger partial charge is 0.240 e. The van der Waals surface area contributed by atoms with Crippen molar-refractivity contribution in [2.24, 2.45) is 5.10 Å². The molecule has 138 valence electrons. The Kier molecular flexibility index (Phi) is 4.88. The van der Waals surface area contributed by atoms with E-state index in [-0.39, 0.29) is 11.9 Å². The van der Waals surface area contributed by atoms with Crippen LogP contribution in [0.1, 0.15) is 36.5 Å². The van der Waals surface area contributed by atoms with Crippen LogP contribution in [-0.2, 0) is 4.79 Å². The van der Waals surface area contributed by atoms with Crippen LogP contribution in [-0.4, -0.2) is 38.0 Å². The third kappa shape index (κ3) is 3.12. The second-order valence-corrected chi connectivity index (χ2v) is 6.00. The summed E-state index contributed by atoms with van der Waals surface area (Å²) < 4.78 is 21.9. The number of hydrogen-bond donors (Lipinski definition) is 0. The summed E-state index contributed by atoms with van der Waals surface area (Å²) in [4.78, 5) is 12.1. The van der Waals surface area contributed by atoms with E-state index in [9.17, 15) is 4.79 Å². The standard InChI is InChI=1S/C19H22N2O5/c1-11-6-7-16(26-11)14-10-15(21(20-14)12(2)22)13-8-17(23-3)19(25-5)18(9-13)24-4/h6-9,15H,10H2,1-5H3/t15-/m1/s1. The fourth-order valence-corrected chi connectivity index (χ4v) is 3.09. The van der Waals surface area contributed by atoms with Gasteiger partial charge in [0.1, 0.15) is 17.2 Å². The second kappa shape index (κ2) is 7.11. The molecule has 0 bridgehead atoms. The van der Waals surface area contributed by atoms with E-state index < -0.39 is 0 Å². The number of nitrogens with zero attached hydrogens (tertiary/aromatic N) is 2. The minimum absolute atomic E-state index is 0.151. The maximum absolute atomic E-state index is 12.1. The number of carbonyl (C=O) groups excluding carboxylic acids is 1. The van der Waals surface area contributed by atoms with Gasteiger partial charge in [0, 0.05) is 13.3 Å². The number of methoxy groups -OCH3 is 3. The van der Waals surface area contributed by atoms with Gasteiger partial charge in [-0.05, 0) is 36.8 Å². The highest BCUT2D eigenvalue weighted by atomic mass is 16.5. The molecule has 0 aliphatic carbocycles. The fourth-order valence-electron chi connectivity index (χ4n) is 3.09. The van der Waals surface area contributed by atoms with Gasteiger partial charge in [-0.25, -0.2) is 5.01 Å². The molecule has 0 spiro atoms. The molecule has 7 nitrogen and oxygen atoms in total. The van der Waals surface area contributed by atoms with Crippen molar-refractivity contribution >= 4 is 11.6 Å². The first-order chi connectivity index (χ1) is 12.5. The van der Waals surface area contributed by atoms with Crippen molar-refractivity contribution in [3.8, 4) is 17.2 Å². The Morgan fingerprint density at radius 2 is 1.81 bits per heavy atom. The highest BCUT2D eigenvalue weighted by Gasteiger charge is 2.34. The van der Waals surface area contributed by atoms with Crippen molar-refractivity contribution in [3.05, 3.63) is 41.3 Å². The molecule has 1 aliphatic heterocycles. The highest BCUT2D eigenvalue weighted by Crippen LogP contribution is 2.43. The van der Waals surface area contributed by atoms with E-state index in [1.54, 1.807) is 21.3 Å². The first-order valence-electron chi connectivity index (χ1n) is 8.22. The van der Waals surface area contributed by atoms with Gasteiger partial charge in [0.05, 0.1) is 27.4 Å². The zero-order valence-electron chi connectivity index (χ0n) is 15.5. The van der Waals surface area contributed by atoms with Crippen molar-refractivity contribution in [2.45, 2.75) is 26.3 Å². The molecule has 1 aromatic carbocycles. The minimum Gasteiger partial charge on any atom is -0.493 e. The van der Waals surface area contributed by atoms with E-state index in [0.717, 1.165) is 17.0 Å². The number of ether oxygens (including phenoxy) is 3. The van der Waals surface area contributed by atoms with Crippen molar-refractivity contribution in [3.63, 3.8) is 0 Å². The molecule has 2 heterocycles. The number of carbonyl (C=O) groups is 1. The van der Waals surface area contributed by atoms with E-state index in [1.807, 2.05) is 31.2 Å². The van der Waals surface area contributed by atoms with Crippen LogP contribution in [0, 0.1) is 6.92 Å². The first kappa shape index (κ1) is 17.8. The predicted octanol–water partition coefficient (Wildman–Crippen LogP) is 3.31. The summed E-state index contributed by atoms with van der Waals surface area (Å²) in [5.74, 6) is 2.90. The van der Waals surface area contributed by atoms with Crippen LogP contribution >= 0.6 is 0 Å². The Morgan fingerprint density at radius 3 is 2.27 bits per heavy atom. The van der Waals surface area contributed by atoms with E-state index in [0.29, 0.717) is 29.4 Å². The Hall–Kier alpha value is -2.96. The van der Waals surface area contributed by atoms with E-state index in [1.165, 1.54) is 11.9 Å². The third-order valence-electron chi connectivity index (χ3n) is 4.33. The van der Waals surface area contributed by atoms with E-state index in [2.05, 4.69) is 5.10 Å². The molecule has 7 heteroatoms. The molecule has 0 saturated heterocycles. The lowest BCUT2D eigenvalue weighted by molar-refractivity contribution is -0.130. The fraction of sp³-hybridized carbons (Fsp3) is 0.368. The van der Waals surface area contributed by atoms with Gasteiger partial charge in [0.25, 0.3) is 0 Å². The molecule has 0 saturated carbocycles. The van der Waals surface area contributed by atoms with Crippen molar-refractivity contribution in [1.29, 1.82) is 0 Å². The number of aryl methyl sites for hydroxylation is 1. The van der Waals surface area contributed by atoms with Crippen LogP contribution in [0.25, 0.3) is 0 Å². The van der Waals surface area contributed by atoms with Crippen LogP contribution in [0.5, 0.6) is 17.2 Å². The van der Waals surface area contributed by atoms with E-state index in [4.69, 9.17) is 18.6 Å². The predicted molar refractivity (Wildman–Crippen MR) is 96.0 cm³/mol. The largest absolute Gasteiger partial charge is 0.493 e. The molecule has 0 fully saturated rings. The Labute approximate surface area is 152 Å². The molecule has 3 rings (SSSR count). The first-order valence-corrected chi connectivity index (χ1v) is 8.22. The molecule has 1 aliphatic rings. The summed E-state index contributed by atoms with van der Waals surface area (Å²) in [6.45, 7) is 3.36. The Balaban J connectivity index is 2.02. The maximum Gasteiger partial charge on any atom is 0.240 e. The number of hydrazone groups is 1. The Bertz CT molecular complexity index is 830. The minimum atomic E-state index is -0.276. The molecular weight excluding hydrogens is 336 g/mol. The summed E-state index contributed by atoms with van der Waals surface area (Å²) in [6.07, 6.45) is 0.533. The lowest BCUT2D eigenvalue weighted by Crippen LogP contribution is -2.24. The average Bonchev–Trinajstić information content (AvgIpc) is 3.26. The molecule has 26 heavy (non-hydrogen) atoms. The number of rotatable bonds is 5. The van der Waals surface area contributed by atoms with Crippen LogP contribution in [0.15, 0.2) is 33.8 Å². The summed E-state index contributed by atoms with van der Waals surface area (Å²) in [7, 11) is 4.68. The molecule has 1 atom stereocenters. The monoisotopic (exact) mass is 358 g/mol. The van der Waals surface area contributed by atoms with Gasteiger partial charge in [-0.1, -0.05) is 0 Å². The van der Waals surface area contributed by atoms with Gasteiger partial charge in [0.15, 0.2) is 11.5 Å². The zero-order chi connectivity index (χ0) is 18.8. The molecule has 0 radical (unpaired) electrons. The zero-order valence-corrected chi connectivity index (χ0v) is 15.5. The second-order valence-electron chi connectivity index (χ2n) is 6.00.